The maximum absolute atomic E-state index is 5.14. The van der Waals surface area contributed by atoms with Crippen LogP contribution in [0.2, 0.25) is 0 Å². The Labute approximate surface area is 62.2 Å². The summed E-state index contributed by atoms with van der Waals surface area (Å²) in [6.07, 6.45) is 6.86. The first-order chi connectivity index (χ1) is 4.72. The lowest BCUT2D eigenvalue weighted by molar-refractivity contribution is 1.45. The van der Waals surface area contributed by atoms with Crippen LogP contribution >= 0.6 is 0 Å². The third-order valence-electron chi connectivity index (χ3n) is 1.10. The Morgan fingerprint density at radius 2 is 2.10 bits per heavy atom. The van der Waals surface area contributed by atoms with E-state index in [-0.39, 0.29) is 0 Å². The fourth-order valence-electron chi connectivity index (χ4n) is 0.544. The molecular weight excluding hydrogens is 122 g/mol. The van der Waals surface area contributed by atoms with Crippen molar-refractivity contribution >= 4 is 0 Å². The van der Waals surface area contributed by atoms with Crippen molar-refractivity contribution in [3.63, 3.8) is 0 Å². The zero-order chi connectivity index (χ0) is 7.98. The van der Waals surface area contributed by atoms with Crippen molar-refractivity contribution in [2.75, 3.05) is 0 Å². The summed E-state index contributed by atoms with van der Waals surface area (Å²) >= 11 is 0. The average molecular weight is 135 g/mol. The third kappa shape index (κ3) is 2.92. The van der Waals surface area contributed by atoms with Crippen LogP contribution in [-0.2, 0) is 0 Å². The predicted molar refractivity (Wildman–Crippen MR) is 46.4 cm³/mol. The van der Waals surface area contributed by atoms with Crippen molar-refractivity contribution in [2.45, 2.75) is 6.92 Å². The van der Waals surface area contributed by atoms with Crippen molar-refractivity contribution in [1.29, 1.82) is 0 Å². The molecule has 1 heteroatoms. The zero-order valence-corrected chi connectivity index (χ0v) is 6.30. The van der Waals surface area contributed by atoms with E-state index in [0.717, 1.165) is 11.1 Å². The van der Waals surface area contributed by atoms with E-state index < -0.39 is 0 Å². The van der Waals surface area contributed by atoms with E-state index in [9.17, 15) is 0 Å². The molecule has 2 N–H and O–H groups in total. The normalized spacial score (nSPS) is 11.9. The van der Waals surface area contributed by atoms with Crippen LogP contribution < -0.4 is 5.73 Å². The lowest BCUT2D eigenvalue weighted by Crippen LogP contribution is -1.78. The van der Waals surface area contributed by atoms with Gasteiger partial charge in [0.15, 0.2) is 0 Å². The van der Waals surface area contributed by atoms with Gasteiger partial charge in [-0.05, 0) is 24.8 Å². The molecule has 0 bridgehead atoms. The standard InChI is InChI=1S/C9H13N/c1-4-9(8(2)3)6-5-7-10/h4-7H,1-2,10H2,3H3/b7-5-,9-6+. The number of hydrogen-bond donors (Lipinski definition) is 1. The molecule has 0 aliphatic rings. The highest BCUT2D eigenvalue weighted by Crippen LogP contribution is 2.06. The van der Waals surface area contributed by atoms with E-state index in [2.05, 4.69) is 13.2 Å². The average Bonchev–Trinajstić information content (AvgIpc) is 1.89. The van der Waals surface area contributed by atoms with Gasteiger partial charge in [0.2, 0.25) is 0 Å². The molecule has 0 spiro atoms. The van der Waals surface area contributed by atoms with E-state index in [1.165, 1.54) is 6.20 Å². The molecule has 54 valence electrons. The molecule has 0 saturated carbocycles. The number of hydrogen-bond acceptors (Lipinski definition) is 1. The summed E-state index contributed by atoms with van der Waals surface area (Å²) in [5.74, 6) is 0. The second kappa shape index (κ2) is 4.62. The molecule has 10 heavy (non-hydrogen) atoms. The molecule has 0 amide bonds. The van der Waals surface area contributed by atoms with Crippen LogP contribution in [0.1, 0.15) is 6.92 Å². The van der Waals surface area contributed by atoms with Crippen LogP contribution in [0.25, 0.3) is 0 Å². The molecule has 0 unspecified atom stereocenters. The Bertz CT molecular complexity index is 185. The minimum atomic E-state index is 0.994. The summed E-state index contributed by atoms with van der Waals surface area (Å²) < 4.78 is 0. The summed E-state index contributed by atoms with van der Waals surface area (Å²) in [7, 11) is 0. The predicted octanol–water partition coefficient (Wildman–Crippen LogP) is 2.15. The summed E-state index contributed by atoms with van der Waals surface area (Å²) in [6, 6.07) is 0. The Hall–Kier alpha value is -1.24. The molecule has 0 aromatic heterocycles. The zero-order valence-electron chi connectivity index (χ0n) is 6.30. The van der Waals surface area contributed by atoms with Gasteiger partial charge in [0.05, 0.1) is 0 Å². The highest BCUT2D eigenvalue weighted by atomic mass is 14.5. The van der Waals surface area contributed by atoms with Crippen molar-refractivity contribution in [3.8, 4) is 0 Å². The first-order valence-corrected chi connectivity index (χ1v) is 3.09. The Morgan fingerprint density at radius 1 is 1.50 bits per heavy atom. The van der Waals surface area contributed by atoms with E-state index in [4.69, 9.17) is 5.73 Å². The van der Waals surface area contributed by atoms with Gasteiger partial charge in [-0.25, -0.2) is 0 Å². The fraction of sp³-hybridized carbons (Fsp3) is 0.111. The lowest BCUT2D eigenvalue weighted by Gasteiger charge is -1.95. The first kappa shape index (κ1) is 8.76. The van der Waals surface area contributed by atoms with Gasteiger partial charge >= 0.3 is 0 Å². The van der Waals surface area contributed by atoms with E-state index >= 15 is 0 Å². The van der Waals surface area contributed by atoms with E-state index in [1.54, 1.807) is 12.2 Å². The number of nitrogens with two attached hydrogens (primary N) is 1. The molecule has 0 rings (SSSR count). The van der Waals surface area contributed by atoms with Gasteiger partial charge in [-0.1, -0.05) is 30.9 Å². The minimum Gasteiger partial charge on any atom is -0.405 e. The molecule has 0 atom stereocenters. The van der Waals surface area contributed by atoms with Gasteiger partial charge in [0.1, 0.15) is 0 Å². The largest absolute Gasteiger partial charge is 0.405 e. The van der Waals surface area contributed by atoms with Crippen LogP contribution in [0, 0.1) is 0 Å². The molecule has 0 saturated heterocycles. The monoisotopic (exact) mass is 135 g/mol. The second-order valence-corrected chi connectivity index (χ2v) is 1.99. The second-order valence-electron chi connectivity index (χ2n) is 1.99. The van der Waals surface area contributed by atoms with Gasteiger partial charge in [0.25, 0.3) is 0 Å². The molecule has 0 aliphatic carbocycles. The van der Waals surface area contributed by atoms with Gasteiger partial charge in [-0.15, -0.1) is 0 Å². The number of allylic oxidation sites excluding steroid dienone is 5. The molecule has 0 radical (unpaired) electrons. The van der Waals surface area contributed by atoms with E-state index in [1.807, 2.05) is 13.0 Å². The molecule has 0 heterocycles. The van der Waals surface area contributed by atoms with Crippen LogP contribution in [-0.4, -0.2) is 0 Å². The van der Waals surface area contributed by atoms with Gasteiger partial charge < -0.3 is 5.73 Å². The van der Waals surface area contributed by atoms with Gasteiger partial charge in [-0.3, -0.25) is 0 Å². The maximum atomic E-state index is 5.14. The molecule has 0 aliphatic heterocycles. The maximum Gasteiger partial charge on any atom is -0.00622 e. The van der Waals surface area contributed by atoms with Crippen LogP contribution in [0.5, 0.6) is 0 Å². The Morgan fingerprint density at radius 3 is 2.40 bits per heavy atom. The van der Waals surface area contributed by atoms with Gasteiger partial charge in [-0.2, -0.15) is 0 Å². The molecule has 0 fully saturated rings. The quantitative estimate of drug-likeness (QED) is 0.589. The summed E-state index contributed by atoms with van der Waals surface area (Å²) in [5.41, 5.74) is 7.15. The van der Waals surface area contributed by atoms with Crippen LogP contribution in [0.15, 0.2) is 48.7 Å². The Kier molecular flexibility index (Phi) is 4.05. The van der Waals surface area contributed by atoms with Crippen molar-refractivity contribution < 1.29 is 0 Å². The van der Waals surface area contributed by atoms with Crippen LogP contribution in [0.3, 0.4) is 0 Å². The van der Waals surface area contributed by atoms with Crippen molar-refractivity contribution in [1.82, 2.24) is 0 Å². The molecule has 0 aromatic rings. The van der Waals surface area contributed by atoms with Crippen LogP contribution in [0.4, 0.5) is 0 Å². The highest BCUT2D eigenvalue weighted by Gasteiger charge is 1.86. The summed E-state index contributed by atoms with van der Waals surface area (Å²) in [5, 5.41) is 0. The molecule has 1 nitrogen and oxygen atoms in total. The fourth-order valence-corrected chi connectivity index (χ4v) is 0.544. The summed E-state index contributed by atoms with van der Waals surface area (Å²) in [6.45, 7) is 9.32. The Balaban J connectivity index is 4.33. The van der Waals surface area contributed by atoms with Crippen molar-refractivity contribution in [2.24, 2.45) is 5.73 Å². The lowest BCUT2D eigenvalue weighted by atomic mass is 10.1. The third-order valence-corrected chi connectivity index (χ3v) is 1.10. The van der Waals surface area contributed by atoms with E-state index in [0.29, 0.717) is 0 Å². The smallest absolute Gasteiger partial charge is 0.00622 e. The van der Waals surface area contributed by atoms with Gasteiger partial charge in [0, 0.05) is 0 Å². The highest BCUT2D eigenvalue weighted by molar-refractivity contribution is 5.37. The van der Waals surface area contributed by atoms with Crippen molar-refractivity contribution in [3.05, 3.63) is 48.7 Å². The number of rotatable bonds is 3. The minimum absolute atomic E-state index is 0.994. The first-order valence-electron chi connectivity index (χ1n) is 3.09. The molecular formula is C9H13N. The topological polar surface area (TPSA) is 26.0 Å². The molecule has 0 aromatic carbocycles. The SMILES string of the molecule is C=C/C(=C\C=C/N)C(=C)C. The summed E-state index contributed by atoms with van der Waals surface area (Å²) in [4.78, 5) is 0.